The summed E-state index contributed by atoms with van der Waals surface area (Å²) in [6.07, 6.45) is 6.96. The van der Waals surface area contributed by atoms with Gasteiger partial charge in [0.2, 0.25) is 11.8 Å². The van der Waals surface area contributed by atoms with Gasteiger partial charge in [-0.1, -0.05) is 30.3 Å². The van der Waals surface area contributed by atoms with Crippen molar-refractivity contribution >= 4 is 17.6 Å². The van der Waals surface area contributed by atoms with Gasteiger partial charge in [-0.25, -0.2) is 9.67 Å². The molecule has 1 aromatic carbocycles. The Balaban J connectivity index is 1.29. The first-order valence-corrected chi connectivity index (χ1v) is 11.3. The topological polar surface area (TPSA) is 89.3 Å². The van der Waals surface area contributed by atoms with E-state index in [1.807, 2.05) is 33.8 Å². The van der Waals surface area contributed by atoms with Gasteiger partial charge in [-0.05, 0) is 43.4 Å². The largest absolute Gasteiger partial charge is 0.480 e. The summed E-state index contributed by atoms with van der Waals surface area (Å²) in [5, 5.41) is 7.45. The zero-order valence-corrected chi connectivity index (χ0v) is 18.8. The van der Waals surface area contributed by atoms with Gasteiger partial charge < -0.3 is 15.0 Å². The molecule has 0 bridgehead atoms. The van der Waals surface area contributed by atoms with E-state index in [-0.39, 0.29) is 17.9 Å². The van der Waals surface area contributed by atoms with E-state index in [0.29, 0.717) is 36.8 Å². The predicted octanol–water partition coefficient (Wildman–Crippen LogP) is 3.73. The molecule has 172 valence electrons. The first-order chi connectivity index (χ1) is 16.2. The maximum atomic E-state index is 12.9. The number of aryl methyl sites for hydroxylation is 1. The number of pyridine rings is 1. The summed E-state index contributed by atoms with van der Waals surface area (Å²) in [5.74, 6) is 0.960. The summed E-state index contributed by atoms with van der Waals surface area (Å²) >= 11 is 0. The van der Waals surface area contributed by atoms with Crippen LogP contribution in [0, 0.1) is 0 Å². The molecule has 1 aliphatic heterocycles. The molecular weight excluding hydrogens is 418 g/mol. The standard InChI is InChI=1S/C25H29N5O3/c1-33-24-21(10-6-15-26-24)25(32)29-17-13-20(14-18-29)30-22(12-16-27-30)28-23(31)11-5-9-19-7-3-2-4-8-19/h2-4,6-8,10,12,15-16,20H,5,9,11,13-14,17-18H2,1H3,(H,28,31). The summed E-state index contributed by atoms with van der Waals surface area (Å²) in [6.45, 7) is 1.21. The highest BCUT2D eigenvalue weighted by Crippen LogP contribution is 2.27. The lowest BCUT2D eigenvalue weighted by molar-refractivity contribution is -0.116. The Morgan fingerprint density at radius 3 is 2.61 bits per heavy atom. The number of methoxy groups -OCH3 is 1. The second-order valence-corrected chi connectivity index (χ2v) is 8.13. The molecule has 2 amide bonds. The van der Waals surface area contributed by atoms with E-state index >= 15 is 0 Å². The Morgan fingerprint density at radius 1 is 1.06 bits per heavy atom. The third kappa shape index (κ3) is 5.58. The van der Waals surface area contributed by atoms with E-state index in [1.165, 1.54) is 12.7 Å². The van der Waals surface area contributed by atoms with Crippen LogP contribution in [0.5, 0.6) is 5.88 Å². The highest BCUT2D eigenvalue weighted by molar-refractivity contribution is 5.96. The quantitative estimate of drug-likeness (QED) is 0.568. The van der Waals surface area contributed by atoms with Crippen LogP contribution < -0.4 is 10.1 Å². The zero-order valence-electron chi connectivity index (χ0n) is 18.8. The minimum absolute atomic E-state index is 0.0102. The smallest absolute Gasteiger partial charge is 0.259 e. The van der Waals surface area contributed by atoms with Crippen molar-refractivity contribution in [2.24, 2.45) is 0 Å². The fourth-order valence-electron chi connectivity index (χ4n) is 4.21. The highest BCUT2D eigenvalue weighted by atomic mass is 16.5. The van der Waals surface area contributed by atoms with Crippen molar-refractivity contribution in [1.82, 2.24) is 19.7 Å². The van der Waals surface area contributed by atoms with Gasteiger partial charge in [0.05, 0.1) is 19.3 Å². The first kappa shape index (κ1) is 22.5. The number of aromatic nitrogens is 3. The number of benzene rings is 1. The molecule has 33 heavy (non-hydrogen) atoms. The summed E-state index contributed by atoms with van der Waals surface area (Å²) < 4.78 is 7.11. The van der Waals surface area contributed by atoms with Crippen LogP contribution in [0.1, 0.15) is 47.6 Å². The van der Waals surface area contributed by atoms with Crippen molar-refractivity contribution in [2.45, 2.75) is 38.1 Å². The second kappa shape index (κ2) is 10.8. The molecule has 1 aliphatic rings. The van der Waals surface area contributed by atoms with Crippen LogP contribution in [0.2, 0.25) is 0 Å². The fraction of sp³-hybridized carbons (Fsp3) is 0.360. The Hall–Kier alpha value is -3.68. The van der Waals surface area contributed by atoms with Gasteiger partial charge in [-0.3, -0.25) is 9.59 Å². The lowest BCUT2D eigenvalue weighted by Crippen LogP contribution is -2.39. The number of hydrogen-bond acceptors (Lipinski definition) is 5. The molecule has 3 heterocycles. The molecule has 2 aromatic heterocycles. The van der Waals surface area contributed by atoms with E-state index < -0.39 is 0 Å². The fourth-order valence-corrected chi connectivity index (χ4v) is 4.21. The van der Waals surface area contributed by atoms with Gasteiger partial charge in [0.1, 0.15) is 11.4 Å². The molecule has 0 unspecified atom stereocenters. The molecule has 1 fully saturated rings. The Bertz CT molecular complexity index is 1070. The zero-order chi connectivity index (χ0) is 23.0. The maximum Gasteiger partial charge on any atom is 0.259 e. The summed E-state index contributed by atoms with van der Waals surface area (Å²) in [6, 6.07) is 15.6. The molecule has 1 N–H and O–H groups in total. The highest BCUT2D eigenvalue weighted by Gasteiger charge is 2.28. The Kier molecular flexibility index (Phi) is 7.34. The second-order valence-electron chi connectivity index (χ2n) is 8.13. The number of likely N-dealkylation sites (tertiary alicyclic amines) is 1. The van der Waals surface area contributed by atoms with E-state index in [4.69, 9.17) is 4.74 Å². The Labute approximate surface area is 193 Å². The van der Waals surface area contributed by atoms with Crippen molar-refractivity contribution in [2.75, 3.05) is 25.5 Å². The molecule has 1 saturated heterocycles. The number of piperidine rings is 1. The number of ether oxygens (including phenoxy) is 1. The van der Waals surface area contributed by atoms with Crippen molar-refractivity contribution < 1.29 is 14.3 Å². The van der Waals surface area contributed by atoms with E-state index in [9.17, 15) is 9.59 Å². The van der Waals surface area contributed by atoms with Gasteiger partial charge in [-0.2, -0.15) is 5.10 Å². The predicted molar refractivity (Wildman–Crippen MR) is 125 cm³/mol. The number of amides is 2. The summed E-state index contributed by atoms with van der Waals surface area (Å²) in [5.41, 5.74) is 1.71. The molecule has 3 aromatic rings. The van der Waals surface area contributed by atoms with Crippen LogP contribution in [-0.4, -0.2) is 51.7 Å². The third-order valence-corrected chi connectivity index (χ3v) is 5.94. The van der Waals surface area contributed by atoms with Gasteiger partial charge >= 0.3 is 0 Å². The molecule has 4 rings (SSSR count). The van der Waals surface area contributed by atoms with E-state index in [0.717, 1.165) is 25.7 Å². The number of carbonyl (C=O) groups excluding carboxylic acids is 2. The Morgan fingerprint density at radius 2 is 1.85 bits per heavy atom. The van der Waals surface area contributed by atoms with Crippen LogP contribution >= 0.6 is 0 Å². The van der Waals surface area contributed by atoms with Crippen molar-refractivity contribution in [1.29, 1.82) is 0 Å². The van der Waals surface area contributed by atoms with E-state index in [1.54, 1.807) is 24.5 Å². The SMILES string of the molecule is COc1ncccc1C(=O)N1CCC(n2nccc2NC(=O)CCCc2ccccc2)CC1. The number of anilines is 1. The van der Waals surface area contributed by atoms with Gasteiger partial charge in [0.15, 0.2) is 0 Å². The van der Waals surface area contributed by atoms with E-state index in [2.05, 4.69) is 27.5 Å². The molecule has 0 spiro atoms. The molecule has 0 atom stereocenters. The first-order valence-electron chi connectivity index (χ1n) is 11.3. The lowest BCUT2D eigenvalue weighted by Gasteiger charge is -2.33. The third-order valence-electron chi connectivity index (χ3n) is 5.94. The minimum Gasteiger partial charge on any atom is -0.480 e. The van der Waals surface area contributed by atoms with Crippen LogP contribution in [0.25, 0.3) is 0 Å². The van der Waals surface area contributed by atoms with Gasteiger partial charge in [0.25, 0.3) is 5.91 Å². The molecule has 8 heteroatoms. The number of rotatable bonds is 8. The number of nitrogens with one attached hydrogen (secondary N) is 1. The lowest BCUT2D eigenvalue weighted by atomic mass is 10.0. The summed E-state index contributed by atoms with van der Waals surface area (Å²) in [7, 11) is 1.51. The van der Waals surface area contributed by atoms with Gasteiger partial charge in [-0.15, -0.1) is 0 Å². The molecule has 8 nitrogen and oxygen atoms in total. The number of hydrogen-bond donors (Lipinski definition) is 1. The number of carbonyl (C=O) groups is 2. The molecular formula is C25H29N5O3. The van der Waals surface area contributed by atoms with Crippen LogP contribution in [0.15, 0.2) is 60.9 Å². The van der Waals surface area contributed by atoms with Crippen molar-refractivity contribution in [3.63, 3.8) is 0 Å². The van der Waals surface area contributed by atoms with Crippen molar-refractivity contribution in [3.8, 4) is 5.88 Å². The number of nitrogens with zero attached hydrogens (tertiary/aromatic N) is 4. The average Bonchev–Trinajstić information content (AvgIpc) is 3.32. The van der Waals surface area contributed by atoms with Crippen LogP contribution in [0.4, 0.5) is 5.82 Å². The molecule has 0 aliphatic carbocycles. The van der Waals surface area contributed by atoms with Crippen molar-refractivity contribution in [3.05, 3.63) is 72.1 Å². The minimum atomic E-state index is -0.0780. The van der Waals surface area contributed by atoms with Crippen LogP contribution in [0.3, 0.4) is 0 Å². The monoisotopic (exact) mass is 447 g/mol. The van der Waals surface area contributed by atoms with Gasteiger partial charge in [0, 0.05) is 31.8 Å². The normalized spacial score (nSPS) is 14.2. The maximum absolute atomic E-state index is 12.9. The molecule has 0 saturated carbocycles. The van der Waals surface area contributed by atoms with Crippen LogP contribution in [-0.2, 0) is 11.2 Å². The average molecular weight is 448 g/mol. The summed E-state index contributed by atoms with van der Waals surface area (Å²) in [4.78, 5) is 31.3. The molecule has 0 radical (unpaired) electrons.